The summed E-state index contributed by atoms with van der Waals surface area (Å²) in [5, 5.41) is 51.4. The number of methoxy groups -OCH3 is 1. The van der Waals surface area contributed by atoms with Gasteiger partial charge < -0.3 is 70.4 Å². The number of H-pyrrole nitrogens is 5. The Morgan fingerprint density at radius 2 is 0.766 bits per heavy atom. The first kappa shape index (κ1) is 96.1. The minimum Gasteiger partial charge on any atom is -0.473 e. The number of benzene rings is 1. The van der Waals surface area contributed by atoms with Gasteiger partial charge in [-0.15, -0.1) is 0 Å². The zero-order chi connectivity index (χ0) is 98.0. The zero-order valence-electron chi connectivity index (χ0n) is 73.6. The minimum absolute atomic E-state index is 0.0854. The predicted molar refractivity (Wildman–Crippen MR) is 478 cm³/mol. The number of fused-ring (bicyclic) bond motifs is 4. The van der Waals surface area contributed by atoms with Gasteiger partial charge >= 0.3 is 36.4 Å². The highest BCUT2D eigenvalue weighted by atomic mass is 19.4. The molecule has 1 aliphatic heterocycles. The summed E-state index contributed by atoms with van der Waals surface area (Å²) in [5.41, 5.74) is 3.73. The van der Waals surface area contributed by atoms with Crippen LogP contribution in [0.4, 0.5) is 82.2 Å². The number of likely N-dealkylation sites (tertiary alicyclic amines) is 1. The molecule has 1 saturated heterocycles. The molecule has 0 bridgehead atoms. The largest absolute Gasteiger partial charge is 0.473 e. The second-order valence-electron chi connectivity index (χ2n) is 31.4. The van der Waals surface area contributed by atoms with Gasteiger partial charge in [-0.2, -0.15) is 73.7 Å². The standard InChI is InChI=1S/C26H27F3N8.C25H23F3N8O.C20H15F3N8O.C19H13F3N8O/c1-16(17-5-7-20(8-6-17)37(4)10-9-36(2)3)34-25-33-13-18(12-30)23(35-25)22-15-32-24-21(22)11-19(14-31-24)26(27,28)29;1-14(15-3-4-21(30-9-15)37-18-5-6-36(2)13-18)34-24-33-10-16(8-29)22(35-24)20-12-32-23-19(20)7-17(11-31-23)25(26,27)28;1-10(12-6-28-19(32-2)29-7-12)30-18-27-5-11(4-24)16(31-18)15-9-26-17-14(15)3-13(8-25-17)20(21,22)23;1-9(11-5-27-18(31)28-6-11)29-17-26-4-10(3-23)15(30-17)14-8-25-16-13(14)2-12(7-24-16)19(20,21)22/h5-8,11,13-16H,9-10H2,1-4H3,(H,31,32)(H,33,34,35);3-4,7,9-12,14,18H,5-6,13H2,1-2H3,(H,31,32)(H,33,34,35);3,5-10H,1-2H3,(H,25,26)(H,27,30,31);2,4-9H,1H3,(H,24,25)(H,26,29,30)(H,27,28,31)/t16-;14-,18+;10-;9-/m1011/s1. The number of likely N-dealkylation sites (N-methyl/N-ethyl adjacent to an activating group) is 3. The third kappa shape index (κ3) is 22.9. The Morgan fingerprint density at radius 3 is 1.08 bits per heavy atom. The summed E-state index contributed by atoms with van der Waals surface area (Å²) in [6, 6.07) is 22.9. The lowest BCUT2D eigenvalue weighted by atomic mass is 10.1. The van der Waals surface area contributed by atoms with Crippen LogP contribution in [0.15, 0.2) is 171 Å². The first-order valence-electron chi connectivity index (χ1n) is 41.3. The number of rotatable bonds is 23. The van der Waals surface area contributed by atoms with Crippen LogP contribution in [0, 0.1) is 45.3 Å². The summed E-state index contributed by atoms with van der Waals surface area (Å²) in [4.78, 5) is 97.3. The molecule has 0 spiro atoms. The van der Waals surface area contributed by atoms with Crippen molar-refractivity contribution >= 4 is 73.6 Å². The Balaban J connectivity index is 0.000000146. The molecule has 9 N–H and O–H groups in total. The molecular weight excluding hydrogens is 1810 g/mol. The van der Waals surface area contributed by atoms with Gasteiger partial charge in [0.1, 0.15) is 53.0 Å². The number of nitriles is 4. The van der Waals surface area contributed by atoms with Gasteiger partial charge in [-0.1, -0.05) is 18.2 Å². The van der Waals surface area contributed by atoms with Gasteiger partial charge in [0, 0.05) is 180 Å². The fourth-order valence-corrected chi connectivity index (χ4v) is 14.1. The molecule has 16 aromatic rings. The van der Waals surface area contributed by atoms with Crippen molar-refractivity contribution in [2.45, 2.75) is 89.1 Å². The van der Waals surface area contributed by atoms with Crippen molar-refractivity contribution in [1.82, 2.24) is 114 Å². The SMILES string of the molecule is COc1ncc([C@@H](C)Nc2ncc(C#N)c(-c3c[nH]c4ncc(C(F)(F)F)cc34)n2)cn1.C[C@@H](Nc1ncc(C#N)c(-c2c[nH]c3ncc(C(F)(F)F)cc23)n1)c1ccc(N(C)CCN(C)C)cc1.C[C@@H](Nc1ncc(C#N)c(-c2c[nH]c3ncc(C(F)(F)F)cc23)n1)c1cnc(=O)[nH]c1.C[C@H](Nc1ncc(C#N)c(-c2c[nH]c3ncc(C(F)(F)F)cc23)n1)c1ccc(O[C@@H]2CCN(C)C2)nc1. The van der Waals surface area contributed by atoms with E-state index in [0.717, 1.165) is 104 Å². The maximum absolute atomic E-state index is 13.3. The fraction of sp³-hybridized carbons (Fsp3) is 0.256. The quantitative estimate of drug-likeness (QED) is 0.0269. The van der Waals surface area contributed by atoms with Gasteiger partial charge in [0.2, 0.25) is 29.7 Å². The monoisotopic (exact) mass is 1880 g/mol. The smallest absolute Gasteiger partial charge is 0.417 e. The number of hydrogen-bond donors (Lipinski definition) is 9. The maximum Gasteiger partial charge on any atom is 0.417 e. The second-order valence-corrected chi connectivity index (χ2v) is 31.4. The molecule has 1 aromatic carbocycles. The number of ether oxygens (including phenoxy) is 2. The number of aromatic amines is 5. The number of anilines is 5. The molecule has 0 aliphatic carbocycles. The normalized spacial score (nSPS) is 13.7. The van der Waals surface area contributed by atoms with Crippen molar-refractivity contribution in [2.75, 3.05) is 87.6 Å². The number of nitrogens with zero attached hydrogens (tertiary/aromatic N) is 23. The van der Waals surface area contributed by atoms with Crippen LogP contribution in [0.1, 0.15) is 125 Å². The Kier molecular flexibility index (Phi) is 28.5. The Hall–Kier alpha value is -17.0. The summed E-state index contributed by atoms with van der Waals surface area (Å²) in [5.74, 6) is 1.34. The number of nitrogens with one attached hydrogen (secondary N) is 9. The van der Waals surface area contributed by atoms with E-state index < -0.39 is 52.6 Å². The summed E-state index contributed by atoms with van der Waals surface area (Å²) in [6.07, 6.45) is 4.82. The lowest BCUT2D eigenvalue weighted by Crippen LogP contribution is -2.28. The van der Waals surface area contributed by atoms with Crippen LogP contribution >= 0.6 is 0 Å². The van der Waals surface area contributed by atoms with E-state index in [1.54, 1.807) is 25.5 Å². The molecule has 0 radical (unpaired) electrons. The number of hydrogen-bond acceptors (Lipinski definition) is 30. The highest BCUT2D eigenvalue weighted by Crippen LogP contribution is 2.42. The molecule has 5 atom stereocenters. The molecule has 35 nitrogen and oxygen atoms in total. The average Bonchev–Trinajstić information content (AvgIpc) is 1.65. The first-order valence-corrected chi connectivity index (χ1v) is 41.3. The highest BCUT2D eigenvalue weighted by Gasteiger charge is 2.37. The van der Waals surface area contributed by atoms with Crippen LogP contribution in [0.2, 0.25) is 0 Å². The van der Waals surface area contributed by atoms with E-state index in [1.165, 1.54) is 69.1 Å². The van der Waals surface area contributed by atoms with Crippen molar-refractivity contribution in [3.05, 3.63) is 243 Å². The van der Waals surface area contributed by atoms with Gasteiger partial charge in [-0.25, -0.2) is 84.5 Å². The molecule has 137 heavy (non-hydrogen) atoms. The van der Waals surface area contributed by atoms with Gasteiger partial charge in [0.15, 0.2) is 0 Å². The molecule has 0 unspecified atom stereocenters. The Labute approximate surface area is 769 Å². The lowest BCUT2D eigenvalue weighted by Gasteiger charge is -2.22. The molecule has 17 rings (SSSR count). The predicted octanol–water partition coefficient (Wildman–Crippen LogP) is 16.7. The number of halogens is 12. The van der Waals surface area contributed by atoms with Crippen molar-refractivity contribution in [3.63, 3.8) is 0 Å². The van der Waals surface area contributed by atoms with E-state index in [1.807, 2.05) is 103 Å². The third-order valence-corrected chi connectivity index (χ3v) is 21.6. The minimum atomic E-state index is -4.56. The van der Waals surface area contributed by atoms with Crippen LogP contribution in [-0.4, -0.2) is 182 Å². The van der Waals surface area contributed by atoms with Crippen molar-refractivity contribution in [2.24, 2.45) is 0 Å². The molecule has 700 valence electrons. The fourth-order valence-electron chi connectivity index (χ4n) is 14.1. The van der Waals surface area contributed by atoms with E-state index >= 15 is 0 Å². The van der Waals surface area contributed by atoms with E-state index in [4.69, 9.17) is 9.47 Å². The molecular formula is C90H78F12N32O3. The zero-order valence-corrected chi connectivity index (χ0v) is 73.6. The van der Waals surface area contributed by atoms with Crippen molar-refractivity contribution in [3.8, 4) is 81.2 Å². The summed E-state index contributed by atoms with van der Waals surface area (Å²) in [7, 11) is 9.64. The van der Waals surface area contributed by atoms with E-state index in [0.29, 0.717) is 28.1 Å². The van der Waals surface area contributed by atoms with Crippen molar-refractivity contribution in [1.29, 1.82) is 21.0 Å². The summed E-state index contributed by atoms with van der Waals surface area (Å²) >= 11 is 0. The summed E-state index contributed by atoms with van der Waals surface area (Å²) in [6.45, 7) is 11.2. The Bertz CT molecular complexity index is 7260. The van der Waals surface area contributed by atoms with E-state index in [9.17, 15) is 78.5 Å². The van der Waals surface area contributed by atoms with Crippen LogP contribution in [0.25, 0.3) is 89.2 Å². The van der Waals surface area contributed by atoms with Gasteiger partial charge in [-0.3, -0.25) is 0 Å². The summed E-state index contributed by atoms with van der Waals surface area (Å²) < 4.78 is 169. The number of alkyl halides is 12. The van der Waals surface area contributed by atoms with Crippen LogP contribution in [0.3, 0.4) is 0 Å². The maximum atomic E-state index is 13.3. The van der Waals surface area contributed by atoms with Gasteiger partial charge in [0.25, 0.3) is 0 Å². The van der Waals surface area contributed by atoms with Crippen LogP contribution in [-0.2, 0) is 24.7 Å². The highest BCUT2D eigenvalue weighted by molar-refractivity contribution is 5.97. The van der Waals surface area contributed by atoms with Crippen molar-refractivity contribution < 1.29 is 62.2 Å². The van der Waals surface area contributed by atoms with Crippen LogP contribution < -0.4 is 41.3 Å². The van der Waals surface area contributed by atoms with Gasteiger partial charge in [-0.05, 0) is 103 Å². The lowest BCUT2D eigenvalue weighted by molar-refractivity contribution is -0.138. The number of aromatic nitrogens is 21. The van der Waals surface area contributed by atoms with Gasteiger partial charge in [0.05, 0.1) is 123 Å². The van der Waals surface area contributed by atoms with Crippen LogP contribution in [0.5, 0.6) is 11.9 Å². The molecule has 47 heteroatoms. The molecule has 0 amide bonds. The molecule has 15 aromatic heterocycles. The average molecular weight is 1880 g/mol. The molecule has 0 saturated carbocycles. The second kappa shape index (κ2) is 40.6. The Morgan fingerprint density at radius 1 is 0.423 bits per heavy atom. The third-order valence-electron chi connectivity index (χ3n) is 21.6. The van der Waals surface area contributed by atoms with E-state index in [2.05, 4.69) is 148 Å². The number of pyridine rings is 5. The first-order chi connectivity index (χ1) is 65.3. The van der Waals surface area contributed by atoms with E-state index in [-0.39, 0.29) is 155 Å². The molecule has 1 fully saturated rings. The topological polar surface area (TPSA) is 474 Å². The molecule has 1 aliphatic rings. The molecule has 16 heterocycles.